The van der Waals surface area contributed by atoms with E-state index in [1.165, 1.54) is 7.11 Å². The normalized spacial score (nSPS) is 12.4. The molecule has 0 aliphatic rings. The van der Waals surface area contributed by atoms with E-state index in [1.807, 2.05) is 32.0 Å². The van der Waals surface area contributed by atoms with Crippen LogP contribution in [0.4, 0.5) is 0 Å². The molecule has 4 nitrogen and oxygen atoms in total. The van der Waals surface area contributed by atoms with E-state index in [9.17, 15) is 5.11 Å². The highest BCUT2D eigenvalue weighted by Gasteiger charge is 2.11. The molecule has 0 heterocycles. The van der Waals surface area contributed by atoms with Crippen molar-refractivity contribution in [1.82, 2.24) is 0 Å². The molecule has 0 fully saturated rings. The molecule has 4 heteroatoms. The summed E-state index contributed by atoms with van der Waals surface area (Å²) in [7, 11) is 3.18. The van der Waals surface area contributed by atoms with E-state index in [2.05, 4.69) is 11.1 Å². The van der Waals surface area contributed by atoms with Gasteiger partial charge in [-0.3, -0.25) is 4.99 Å². The number of benzene rings is 2. The molecule has 0 spiro atoms. The number of aliphatic imine (C=N–C) groups is 1. The van der Waals surface area contributed by atoms with Crippen molar-refractivity contribution in [2.24, 2.45) is 4.99 Å². The highest BCUT2D eigenvalue weighted by molar-refractivity contribution is 5.85. The second-order valence-corrected chi connectivity index (χ2v) is 5.10. The Morgan fingerprint density at radius 3 is 2.50 bits per heavy atom. The average molecular weight is 299 g/mol. The largest absolute Gasteiger partial charge is 0.504 e. The lowest BCUT2D eigenvalue weighted by Crippen LogP contribution is -1.97. The molecule has 0 bridgehead atoms. The minimum absolute atomic E-state index is 0.0829. The van der Waals surface area contributed by atoms with Gasteiger partial charge in [0.15, 0.2) is 11.5 Å². The van der Waals surface area contributed by atoms with Crippen LogP contribution in [0, 0.1) is 6.92 Å². The third-order valence-corrected chi connectivity index (χ3v) is 3.52. The van der Waals surface area contributed by atoms with E-state index < -0.39 is 0 Å². The van der Waals surface area contributed by atoms with Gasteiger partial charge in [-0.15, -0.1) is 0 Å². The maximum atomic E-state index is 10.1. The molecule has 0 radical (unpaired) electrons. The molecule has 0 aromatic heterocycles. The smallest absolute Gasteiger partial charge is 0.166 e. The first-order valence-electron chi connectivity index (χ1n) is 7.10. The predicted molar refractivity (Wildman–Crippen MR) is 88.4 cm³/mol. The standard InChI is InChI=1S/C18H21NO3/c1-12-8-9-16(21-3)15(10-12)13(2)19-11-14-6-5-7-17(22-4)18(14)20/h5-11,13,20H,1-4H3/t13-/m1/s1. The Labute approximate surface area is 131 Å². The van der Waals surface area contributed by atoms with Crippen molar-refractivity contribution in [3.8, 4) is 17.2 Å². The summed E-state index contributed by atoms with van der Waals surface area (Å²) < 4.78 is 10.5. The molecule has 2 aromatic carbocycles. The molecule has 0 unspecified atom stereocenters. The number of phenolic OH excluding ortho intramolecular Hbond substituents is 1. The van der Waals surface area contributed by atoms with Crippen LogP contribution in [0.3, 0.4) is 0 Å². The van der Waals surface area contributed by atoms with E-state index >= 15 is 0 Å². The van der Waals surface area contributed by atoms with Crippen molar-refractivity contribution < 1.29 is 14.6 Å². The van der Waals surface area contributed by atoms with Crippen molar-refractivity contribution >= 4 is 6.21 Å². The summed E-state index contributed by atoms with van der Waals surface area (Å²) in [4.78, 5) is 4.53. The number of hydrogen-bond donors (Lipinski definition) is 1. The summed E-state index contributed by atoms with van der Waals surface area (Å²) in [5, 5.41) is 10.1. The van der Waals surface area contributed by atoms with E-state index in [4.69, 9.17) is 9.47 Å². The second kappa shape index (κ2) is 6.98. The van der Waals surface area contributed by atoms with Gasteiger partial charge in [0, 0.05) is 17.3 Å². The van der Waals surface area contributed by atoms with Crippen molar-refractivity contribution in [3.63, 3.8) is 0 Å². The Bertz CT molecular complexity index is 680. The van der Waals surface area contributed by atoms with Crippen LogP contribution >= 0.6 is 0 Å². The molecule has 1 atom stereocenters. The van der Waals surface area contributed by atoms with Crippen LogP contribution in [0.1, 0.15) is 29.7 Å². The van der Waals surface area contributed by atoms with E-state index in [1.54, 1.807) is 25.5 Å². The van der Waals surface area contributed by atoms with Gasteiger partial charge >= 0.3 is 0 Å². The monoisotopic (exact) mass is 299 g/mol. The summed E-state index contributed by atoms with van der Waals surface area (Å²) >= 11 is 0. The van der Waals surface area contributed by atoms with Gasteiger partial charge in [0.1, 0.15) is 5.75 Å². The molecule has 116 valence electrons. The van der Waals surface area contributed by atoms with Crippen molar-refractivity contribution in [2.75, 3.05) is 14.2 Å². The molecule has 2 rings (SSSR count). The van der Waals surface area contributed by atoms with Gasteiger partial charge in [0.2, 0.25) is 0 Å². The third kappa shape index (κ3) is 3.39. The molecule has 0 aliphatic heterocycles. The summed E-state index contributed by atoms with van der Waals surface area (Å²) in [5.74, 6) is 1.34. The van der Waals surface area contributed by atoms with Crippen molar-refractivity contribution in [1.29, 1.82) is 0 Å². The number of rotatable bonds is 5. The number of aromatic hydroxyl groups is 1. The number of nitrogens with zero attached hydrogens (tertiary/aromatic N) is 1. The van der Waals surface area contributed by atoms with Gasteiger partial charge in [-0.25, -0.2) is 0 Å². The van der Waals surface area contributed by atoms with E-state index in [0.717, 1.165) is 16.9 Å². The van der Waals surface area contributed by atoms with Gasteiger partial charge in [-0.1, -0.05) is 23.8 Å². The number of methoxy groups -OCH3 is 2. The van der Waals surface area contributed by atoms with Crippen LogP contribution in [-0.4, -0.2) is 25.5 Å². The van der Waals surface area contributed by atoms with E-state index in [-0.39, 0.29) is 11.8 Å². The number of aryl methyl sites for hydroxylation is 1. The molecule has 0 aliphatic carbocycles. The summed E-state index contributed by atoms with van der Waals surface area (Å²) in [5.41, 5.74) is 2.79. The Kier molecular flexibility index (Phi) is 5.04. The zero-order chi connectivity index (χ0) is 16.1. The molecular formula is C18H21NO3. The number of hydrogen-bond acceptors (Lipinski definition) is 4. The molecule has 1 N–H and O–H groups in total. The molecule has 2 aromatic rings. The van der Waals surface area contributed by atoms with Gasteiger partial charge in [0.05, 0.1) is 20.3 Å². The minimum atomic E-state index is -0.0829. The van der Waals surface area contributed by atoms with Crippen molar-refractivity contribution in [3.05, 3.63) is 53.1 Å². The number of phenols is 1. The third-order valence-electron chi connectivity index (χ3n) is 3.52. The fraction of sp³-hybridized carbons (Fsp3) is 0.278. The first-order valence-corrected chi connectivity index (χ1v) is 7.10. The van der Waals surface area contributed by atoms with Gasteiger partial charge < -0.3 is 14.6 Å². The fourth-order valence-corrected chi connectivity index (χ4v) is 2.26. The van der Waals surface area contributed by atoms with Crippen LogP contribution in [0.15, 0.2) is 41.4 Å². The maximum Gasteiger partial charge on any atom is 0.166 e. The molecule has 0 amide bonds. The lowest BCUT2D eigenvalue weighted by atomic mass is 10.0. The summed E-state index contributed by atoms with van der Waals surface area (Å²) in [6, 6.07) is 11.2. The molecule has 0 saturated carbocycles. The summed E-state index contributed by atoms with van der Waals surface area (Å²) in [6.07, 6.45) is 1.66. The molecule has 0 saturated heterocycles. The Morgan fingerprint density at radius 2 is 1.82 bits per heavy atom. The lowest BCUT2D eigenvalue weighted by molar-refractivity contribution is 0.373. The van der Waals surface area contributed by atoms with Crippen LogP contribution in [-0.2, 0) is 0 Å². The number of para-hydroxylation sites is 1. The average Bonchev–Trinajstić information content (AvgIpc) is 2.53. The minimum Gasteiger partial charge on any atom is -0.504 e. The SMILES string of the molecule is COc1ccc(C)cc1[C@@H](C)N=Cc1cccc(OC)c1O. The van der Waals surface area contributed by atoms with Crippen LogP contribution in [0.25, 0.3) is 0 Å². The quantitative estimate of drug-likeness (QED) is 0.852. The Morgan fingerprint density at radius 1 is 1.09 bits per heavy atom. The highest BCUT2D eigenvalue weighted by Crippen LogP contribution is 2.30. The van der Waals surface area contributed by atoms with Crippen LogP contribution in [0.5, 0.6) is 17.2 Å². The van der Waals surface area contributed by atoms with Crippen LogP contribution in [0.2, 0.25) is 0 Å². The number of ether oxygens (including phenoxy) is 2. The maximum absolute atomic E-state index is 10.1. The molecule has 22 heavy (non-hydrogen) atoms. The molecular weight excluding hydrogens is 278 g/mol. The zero-order valence-electron chi connectivity index (χ0n) is 13.3. The first-order chi connectivity index (χ1) is 10.6. The topological polar surface area (TPSA) is 51.0 Å². The summed E-state index contributed by atoms with van der Waals surface area (Å²) in [6.45, 7) is 4.03. The first kappa shape index (κ1) is 15.9. The van der Waals surface area contributed by atoms with E-state index in [0.29, 0.717) is 11.3 Å². The van der Waals surface area contributed by atoms with Gasteiger partial charge in [0.25, 0.3) is 0 Å². The van der Waals surface area contributed by atoms with Gasteiger partial charge in [-0.05, 0) is 32.0 Å². The predicted octanol–water partition coefficient (Wildman–Crippen LogP) is 3.90. The highest BCUT2D eigenvalue weighted by atomic mass is 16.5. The van der Waals surface area contributed by atoms with Gasteiger partial charge in [-0.2, -0.15) is 0 Å². The zero-order valence-corrected chi connectivity index (χ0v) is 13.3. The van der Waals surface area contributed by atoms with Crippen molar-refractivity contribution in [2.45, 2.75) is 19.9 Å². The Hall–Kier alpha value is -2.49. The van der Waals surface area contributed by atoms with Crippen LogP contribution < -0.4 is 9.47 Å². The second-order valence-electron chi connectivity index (χ2n) is 5.10. The lowest BCUT2D eigenvalue weighted by Gasteiger charge is -2.13. The Balaban J connectivity index is 2.29. The fourth-order valence-electron chi connectivity index (χ4n) is 2.26.